The summed E-state index contributed by atoms with van der Waals surface area (Å²) in [6.07, 6.45) is 0. The number of carbonyl (C=O) groups excluding carboxylic acids is 1. The Bertz CT molecular complexity index is 379. The van der Waals surface area contributed by atoms with Crippen LogP contribution in [0.4, 0.5) is 4.39 Å². The molecular formula is C12H17FN2O. The van der Waals surface area contributed by atoms with E-state index in [9.17, 15) is 9.18 Å². The molecule has 0 unspecified atom stereocenters. The highest BCUT2D eigenvalue weighted by molar-refractivity contribution is 5.94. The second kappa shape index (κ2) is 5.61. The van der Waals surface area contributed by atoms with Gasteiger partial charge in [0.25, 0.3) is 5.91 Å². The molecule has 16 heavy (non-hydrogen) atoms. The van der Waals surface area contributed by atoms with Crippen molar-refractivity contribution < 1.29 is 9.18 Å². The molecule has 1 aromatic carbocycles. The number of nitrogens with zero attached hydrogens (tertiary/aromatic N) is 1. The summed E-state index contributed by atoms with van der Waals surface area (Å²) >= 11 is 0. The van der Waals surface area contributed by atoms with Gasteiger partial charge in [0, 0.05) is 25.7 Å². The quantitative estimate of drug-likeness (QED) is 0.839. The Labute approximate surface area is 95.3 Å². The van der Waals surface area contributed by atoms with E-state index >= 15 is 0 Å². The topological polar surface area (TPSA) is 32.3 Å². The number of hydrogen-bond acceptors (Lipinski definition) is 2. The van der Waals surface area contributed by atoms with Crippen LogP contribution in [0.25, 0.3) is 0 Å². The summed E-state index contributed by atoms with van der Waals surface area (Å²) in [5, 5.41) is 2.96. The molecule has 0 radical (unpaired) electrons. The van der Waals surface area contributed by atoms with Crippen molar-refractivity contribution >= 4 is 5.91 Å². The minimum Gasteiger partial charge on any atom is -0.340 e. The lowest BCUT2D eigenvalue weighted by atomic mass is 10.1. The van der Waals surface area contributed by atoms with Gasteiger partial charge in [-0.3, -0.25) is 4.79 Å². The number of rotatable bonds is 4. The molecule has 88 valence electrons. The first-order valence-electron chi connectivity index (χ1n) is 5.22. The van der Waals surface area contributed by atoms with Gasteiger partial charge in [0.05, 0.1) is 0 Å². The molecule has 3 nitrogen and oxygen atoms in total. The lowest BCUT2D eigenvalue weighted by Gasteiger charge is -2.17. The normalized spacial score (nSPS) is 10.2. The number of likely N-dealkylation sites (N-methyl/N-ethyl adjacent to an activating group) is 2. The Kier molecular flexibility index (Phi) is 4.43. The summed E-state index contributed by atoms with van der Waals surface area (Å²) in [4.78, 5) is 13.4. The van der Waals surface area contributed by atoms with Crippen LogP contribution in [-0.2, 0) is 0 Å². The van der Waals surface area contributed by atoms with Gasteiger partial charge in [-0.1, -0.05) is 6.07 Å². The van der Waals surface area contributed by atoms with Crippen LogP contribution < -0.4 is 5.32 Å². The molecule has 0 aliphatic carbocycles. The van der Waals surface area contributed by atoms with E-state index in [-0.39, 0.29) is 11.7 Å². The van der Waals surface area contributed by atoms with Crippen molar-refractivity contribution in [1.29, 1.82) is 0 Å². The van der Waals surface area contributed by atoms with Crippen LogP contribution in [0.1, 0.15) is 15.9 Å². The third-order valence-corrected chi connectivity index (χ3v) is 2.46. The van der Waals surface area contributed by atoms with Gasteiger partial charge in [-0.15, -0.1) is 0 Å². The van der Waals surface area contributed by atoms with Crippen LogP contribution in [0.15, 0.2) is 18.2 Å². The summed E-state index contributed by atoms with van der Waals surface area (Å²) in [5.74, 6) is -0.498. The molecule has 0 aromatic heterocycles. The van der Waals surface area contributed by atoms with Gasteiger partial charge in [-0.25, -0.2) is 4.39 Å². The van der Waals surface area contributed by atoms with Gasteiger partial charge in [0.15, 0.2) is 0 Å². The van der Waals surface area contributed by atoms with E-state index in [4.69, 9.17) is 0 Å². The standard InChI is InChI=1S/C12H17FN2O/c1-9-4-5-10(8-11(9)13)12(16)15(3)7-6-14-2/h4-5,8,14H,6-7H2,1-3H3. The van der Waals surface area contributed by atoms with Crippen molar-refractivity contribution in [3.8, 4) is 0 Å². The molecule has 1 amide bonds. The van der Waals surface area contributed by atoms with E-state index in [0.29, 0.717) is 17.7 Å². The van der Waals surface area contributed by atoms with Crippen molar-refractivity contribution in [1.82, 2.24) is 10.2 Å². The molecule has 0 fully saturated rings. The Morgan fingerprint density at radius 1 is 1.50 bits per heavy atom. The first-order valence-corrected chi connectivity index (χ1v) is 5.22. The largest absolute Gasteiger partial charge is 0.340 e. The molecular weight excluding hydrogens is 207 g/mol. The highest BCUT2D eigenvalue weighted by Crippen LogP contribution is 2.10. The monoisotopic (exact) mass is 224 g/mol. The van der Waals surface area contributed by atoms with E-state index in [0.717, 1.165) is 6.54 Å². The fraction of sp³-hybridized carbons (Fsp3) is 0.417. The summed E-state index contributed by atoms with van der Waals surface area (Å²) in [6, 6.07) is 4.55. The Hall–Kier alpha value is -1.42. The maximum Gasteiger partial charge on any atom is 0.253 e. The molecule has 0 bridgehead atoms. The van der Waals surface area contributed by atoms with E-state index in [1.54, 1.807) is 31.0 Å². The molecule has 1 rings (SSSR count). The molecule has 0 saturated heterocycles. The van der Waals surface area contributed by atoms with E-state index < -0.39 is 0 Å². The third-order valence-electron chi connectivity index (χ3n) is 2.46. The minimum absolute atomic E-state index is 0.158. The maximum absolute atomic E-state index is 13.3. The van der Waals surface area contributed by atoms with Crippen LogP contribution in [0, 0.1) is 12.7 Å². The number of nitrogens with one attached hydrogen (secondary N) is 1. The smallest absolute Gasteiger partial charge is 0.253 e. The molecule has 4 heteroatoms. The lowest BCUT2D eigenvalue weighted by Crippen LogP contribution is -2.32. The van der Waals surface area contributed by atoms with E-state index in [2.05, 4.69) is 5.32 Å². The molecule has 0 aliphatic heterocycles. The molecule has 0 atom stereocenters. The summed E-state index contributed by atoms with van der Waals surface area (Å²) in [5.41, 5.74) is 0.941. The van der Waals surface area contributed by atoms with Gasteiger partial charge in [-0.05, 0) is 31.7 Å². The highest BCUT2D eigenvalue weighted by Gasteiger charge is 2.12. The number of carbonyl (C=O) groups is 1. The fourth-order valence-electron chi connectivity index (χ4n) is 1.33. The predicted molar refractivity (Wildman–Crippen MR) is 62.0 cm³/mol. The molecule has 0 spiro atoms. The highest BCUT2D eigenvalue weighted by atomic mass is 19.1. The van der Waals surface area contributed by atoms with Crippen molar-refractivity contribution in [2.24, 2.45) is 0 Å². The Morgan fingerprint density at radius 3 is 2.75 bits per heavy atom. The van der Waals surface area contributed by atoms with Gasteiger partial charge < -0.3 is 10.2 Å². The fourth-order valence-corrected chi connectivity index (χ4v) is 1.33. The summed E-state index contributed by atoms with van der Waals surface area (Å²) in [7, 11) is 3.53. The zero-order chi connectivity index (χ0) is 12.1. The lowest BCUT2D eigenvalue weighted by molar-refractivity contribution is 0.0796. The van der Waals surface area contributed by atoms with Crippen LogP contribution >= 0.6 is 0 Å². The van der Waals surface area contributed by atoms with Crippen LogP contribution in [0.2, 0.25) is 0 Å². The van der Waals surface area contributed by atoms with Gasteiger partial charge in [-0.2, -0.15) is 0 Å². The van der Waals surface area contributed by atoms with Gasteiger partial charge >= 0.3 is 0 Å². The second-order valence-electron chi connectivity index (χ2n) is 3.79. The average Bonchev–Trinajstić information content (AvgIpc) is 2.28. The number of benzene rings is 1. The minimum atomic E-state index is -0.340. The third kappa shape index (κ3) is 3.03. The average molecular weight is 224 g/mol. The molecule has 1 aromatic rings. The Balaban J connectivity index is 2.76. The molecule has 0 saturated carbocycles. The van der Waals surface area contributed by atoms with E-state index in [1.807, 2.05) is 7.05 Å². The number of aryl methyl sites for hydroxylation is 1. The second-order valence-corrected chi connectivity index (χ2v) is 3.79. The molecule has 0 aliphatic rings. The summed E-state index contributed by atoms with van der Waals surface area (Å²) in [6.45, 7) is 3.00. The number of hydrogen-bond donors (Lipinski definition) is 1. The molecule has 0 heterocycles. The molecule has 1 N–H and O–H groups in total. The number of halogens is 1. The number of amides is 1. The van der Waals surface area contributed by atoms with Crippen molar-refractivity contribution in [2.45, 2.75) is 6.92 Å². The zero-order valence-corrected chi connectivity index (χ0v) is 9.88. The first kappa shape index (κ1) is 12.6. The van der Waals surface area contributed by atoms with Gasteiger partial charge in [0.1, 0.15) is 5.82 Å². The van der Waals surface area contributed by atoms with Crippen LogP contribution in [-0.4, -0.2) is 38.0 Å². The summed E-state index contributed by atoms with van der Waals surface area (Å²) < 4.78 is 13.3. The SMILES string of the molecule is CNCCN(C)C(=O)c1ccc(C)c(F)c1. The van der Waals surface area contributed by atoms with Gasteiger partial charge in [0.2, 0.25) is 0 Å². The zero-order valence-electron chi connectivity index (χ0n) is 9.88. The predicted octanol–water partition coefficient (Wildman–Crippen LogP) is 1.43. The van der Waals surface area contributed by atoms with Crippen LogP contribution in [0.3, 0.4) is 0 Å². The van der Waals surface area contributed by atoms with E-state index in [1.165, 1.54) is 6.07 Å². The Morgan fingerprint density at radius 2 is 2.19 bits per heavy atom. The van der Waals surface area contributed by atoms with Crippen molar-refractivity contribution in [3.63, 3.8) is 0 Å². The van der Waals surface area contributed by atoms with Crippen molar-refractivity contribution in [2.75, 3.05) is 27.2 Å². The first-order chi connectivity index (χ1) is 7.56. The maximum atomic E-state index is 13.3. The van der Waals surface area contributed by atoms with Crippen molar-refractivity contribution in [3.05, 3.63) is 35.1 Å². The van der Waals surface area contributed by atoms with Crippen LogP contribution in [0.5, 0.6) is 0 Å².